The van der Waals surface area contributed by atoms with Gasteiger partial charge in [-0.05, 0) is 25.1 Å². The number of nitrogens with one attached hydrogen (secondary N) is 1. The number of aliphatic imine (C=N–C) groups is 1. The van der Waals surface area contributed by atoms with Crippen molar-refractivity contribution in [2.75, 3.05) is 6.54 Å². The molecule has 0 aliphatic heterocycles. The molecule has 1 rings (SSSR count). The van der Waals surface area contributed by atoms with Crippen LogP contribution in [0.2, 0.25) is 10.0 Å². The molecular formula is C9H11Cl2N3. The van der Waals surface area contributed by atoms with E-state index in [4.69, 9.17) is 29.0 Å². The van der Waals surface area contributed by atoms with Gasteiger partial charge in [0.25, 0.3) is 0 Å². The largest absolute Gasteiger partial charge is 0.308 e. The SMILES string of the molecule is CCN=C(NN)c1ccc(Cl)c(Cl)c1. The molecule has 0 spiro atoms. The van der Waals surface area contributed by atoms with E-state index < -0.39 is 0 Å². The summed E-state index contributed by atoms with van der Waals surface area (Å²) in [6.45, 7) is 2.58. The molecule has 0 atom stereocenters. The highest BCUT2D eigenvalue weighted by molar-refractivity contribution is 6.42. The number of nitrogens with zero attached hydrogens (tertiary/aromatic N) is 1. The first-order chi connectivity index (χ1) is 6.69. The topological polar surface area (TPSA) is 50.4 Å². The predicted molar refractivity (Wildman–Crippen MR) is 60.9 cm³/mol. The van der Waals surface area contributed by atoms with Crippen LogP contribution in [0.1, 0.15) is 12.5 Å². The monoisotopic (exact) mass is 231 g/mol. The smallest absolute Gasteiger partial charge is 0.142 e. The molecule has 0 heterocycles. The molecule has 0 bridgehead atoms. The van der Waals surface area contributed by atoms with E-state index in [0.717, 1.165) is 5.56 Å². The Labute approximate surface area is 92.9 Å². The number of rotatable bonds is 2. The van der Waals surface area contributed by atoms with Crippen LogP contribution in [0.25, 0.3) is 0 Å². The van der Waals surface area contributed by atoms with Crippen LogP contribution in [0, 0.1) is 0 Å². The third-order valence-corrected chi connectivity index (χ3v) is 2.39. The Morgan fingerprint density at radius 3 is 2.64 bits per heavy atom. The molecule has 5 heteroatoms. The number of hydrogen-bond acceptors (Lipinski definition) is 2. The van der Waals surface area contributed by atoms with E-state index in [0.29, 0.717) is 22.4 Å². The lowest BCUT2D eigenvalue weighted by Crippen LogP contribution is -2.31. The van der Waals surface area contributed by atoms with Crippen LogP contribution in [0.3, 0.4) is 0 Å². The minimum absolute atomic E-state index is 0.489. The summed E-state index contributed by atoms with van der Waals surface area (Å²) in [5, 5.41) is 1.01. The number of nitrogens with two attached hydrogens (primary N) is 1. The fraction of sp³-hybridized carbons (Fsp3) is 0.222. The molecule has 14 heavy (non-hydrogen) atoms. The lowest BCUT2D eigenvalue weighted by atomic mass is 10.2. The minimum atomic E-state index is 0.489. The molecule has 1 aromatic carbocycles. The molecule has 3 nitrogen and oxygen atoms in total. The fourth-order valence-corrected chi connectivity index (χ4v) is 1.32. The van der Waals surface area contributed by atoms with E-state index in [9.17, 15) is 0 Å². The first kappa shape index (κ1) is 11.3. The van der Waals surface area contributed by atoms with E-state index in [1.165, 1.54) is 0 Å². The number of hydrogen-bond donors (Lipinski definition) is 2. The quantitative estimate of drug-likeness (QED) is 0.355. The summed E-state index contributed by atoms with van der Waals surface area (Å²) >= 11 is 11.6. The van der Waals surface area contributed by atoms with Gasteiger partial charge in [-0.2, -0.15) is 0 Å². The molecule has 0 saturated heterocycles. The van der Waals surface area contributed by atoms with E-state index in [1.54, 1.807) is 12.1 Å². The predicted octanol–water partition coefficient (Wildman–Crippen LogP) is 2.22. The van der Waals surface area contributed by atoms with Crippen molar-refractivity contribution in [3.8, 4) is 0 Å². The van der Waals surface area contributed by atoms with E-state index in [2.05, 4.69) is 10.4 Å². The maximum absolute atomic E-state index is 5.86. The van der Waals surface area contributed by atoms with Crippen LogP contribution in [0.15, 0.2) is 23.2 Å². The van der Waals surface area contributed by atoms with Crippen molar-refractivity contribution in [1.82, 2.24) is 5.43 Å². The Bertz CT molecular complexity index is 350. The number of halogens is 2. The van der Waals surface area contributed by atoms with E-state index in [-0.39, 0.29) is 0 Å². The standard InChI is InChI=1S/C9H11Cl2N3/c1-2-13-9(14-12)6-3-4-7(10)8(11)5-6/h3-5H,2,12H2,1H3,(H,13,14). The summed E-state index contributed by atoms with van der Waals surface area (Å²) < 4.78 is 0. The van der Waals surface area contributed by atoms with Gasteiger partial charge < -0.3 is 5.43 Å². The van der Waals surface area contributed by atoms with Gasteiger partial charge in [-0.3, -0.25) is 4.99 Å². The number of benzene rings is 1. The minimum Gasteiger partial charge on any atom is -0.308 e. The molecule has 0 amide bonds. The molecule has 76 valence electrons. The van der Waals surface area contributed by atoms with Gasteiger partial charge in [-0.15, -0.1) is 0 Å². The molecule has 0 aliphatic rings. The van der Waals surface area contributed by atoms with Crippen molar-refractivity contribution in [2.45, 2.75) is 6.92 Å². The molecular weight excluding hydrogens is 221 g/mol. The van der Waals surface area contributed by atoms with Crippen molar-refractivity contribution in [1.29, 1.82) is 0 Å². The Balaban J connectivity index is 3.06. The Morgan fingerprint density at radius 2 is 2.14 bits per heavy atom. The van der Waals surface area contributed by atoms with E-state index in [1.807, 2.05) is 13.0 Å². The highest BCUT2D eigenvalue weighted by atomic mass is 35.5. The van der Waals surface area contributed by atoms with Crippen LogP contribution in [0.5, 0.6) is 0 Å². The molecule has 3 N–H and O–H groups in total. The molecule has 0 unspecified atom stereocenters. The van der Waals surface area contributed by atoms with Gasteiger partial charge in [-0.25, -0.2) is 5.84 Å². The first-order valence-electron chi connectivity index (χ1n) is 4.15. The lowest BCUT2D eigenvalue weighted by molar-refractivity contribution is 0.991. The third kappa shape index (κ3) is 2.61. The van der Waals surface area contributed by atoms with Crippen molar-refractivity contribution < 1.29 is 0 Å². The van der Waals surface area contributed by atoms with Crippen LogP contribution in [-0.4, -0.2) is 12.4 Å². The molecule has 0 radical (unpaired) electrons. The van der Waals surface area contributed by atoms with Gasteiger partial charge in [-0.1, -0.05) is 23.2 Å². The van der Waals surface area contributed by atoms with Crippen LogP contribution >= 0.6 is 23.2 Å². The second-order valence-electron chi connectivity index (χ2n) is 2.60. The van der Waals surface area contributed by atoms with Gasteiger partial charge in [0.2, 0.25) is 0 Å². The number of amidine groups is 1. The van der Waals surface area contributed by atoms with E-state index >= 15 is 0 Å². The zero-order chi connectivity index (χ0) is 10.6. The summed E-state index contributed by atoms with van der Waals surface area (Å²) in [4.78, 5) is 4.16. The lowest BCUT2D eigenvalue weighted by Gasteiger charge is -2.06. The average Bonchev–Trinajstić information content (AvgIpc) is 2.19. The van der Waals surface area contributed by atoms with Gasteiger partial charge in [0.1, 0.15) is 5.84 Å². The third-order valence-electron chi connectivity index (χ3n) is 1.65. The van der Waals surface area contributed by atoms with Crippen molar-refractivity contribution in [3.63, 3.8) is 0 Å². The first-order valence-corrected chi connectivity index (χ1v) is 4.91. The Hall–Kier alpha value is -0.770. The van der Waals surface area contributed by atoms with Crippen LogP contribution < -0.4 is 11.3 Å². The zero-order valence-electron chi connectivity index (χ0n) is 7.72. The average molecular weight is 232 g/mol. The summed E-state index contributed by atoms with van der Waals surface area (Å²) in [6.07, 6.45) is 0. The maximum atomic E-state index is 5.86. The van der Waals surface area contributed by atoms with Gasteiger partial charge in [0.05, 0.1) is 10.0 Å². The highest BCUT2D eigenvalue weighted by Gasteiger charge is 2.03. The van der Waals surface area contributed by atoms with Crippen molar-refractivity contribution >= 4 is 29.0 Å². The normalized spacial score (nSPS) is 11.6. The molecule has 0 aromatic heterocycles. The highest BCUT2D eigenvalue weighted by Crippen LogP contribution is 2.22. The maximum Gasteiger partial charge on any atom is 0.142 e. The molecule has 0 aliphatic carbocycles. The summed E-state index contributed by atoms with van der Waals surface area (Å²) in [5.41, 5.74) is 3.34. The van der Waals surface area contributed by atoms with Crippen molar-refractivity contribution in [3.05, 3.63) is 33.8 Å². The van der Waals surface area contributed by atoms with Gasteiger partial charge >= 0.3 is 0 Å². The van der Waals surface area contributed by atoms with Gasteiger partial charge in [0.15, 0.2) is 0 Å². The fourth-order valence-electron chi connectivity index (χ4n) is 1.02. The zero-order valence-corrected chi connectivity index (χ0v) is 9.23. The summed E-state index contributed by atoms with van der Waals surface area (Å²) in [6, 6.07) is 5.24. The molecule has 0 fully saturated rings. The second-order valence-corrected chi connectivity index (χ2v) is 3.41. The Morgan fingerprint density at radius 1 is 1.43 bits per heavy atom. The second kappa shape index (κ2) is 5.20. The Kier molecular flexibility index (Phi) is 4.20. The van der Waals surface area contributed by atoms with Gasteiger partial charge in [0, 0.05) is 12.1 Å². The van der Waals surface area contributed by atoms with Crippen LogP contribution in [-0.2, 0) is 0 Å². The molecule has 1 aromatic rings. The molecule has 0 saturated carbocycles. The number of hydrazine groups is 1. The van der Waals surface area contributed by atoms with Crippen molar-refractivity contribution in [2.24, 2.45) is 10.8 Å². The summed E-state index contributed by atoms with van der Waals surface area (Å²) in [5.74, 6) is 5.92. The van der Waals surface area contributed by atoms with Crippen LogP contribution in [0.4, 0.5) is 0 Å². The summed E-state index contributed by atoms with van der Waals surface area (Å²) in [7, 11) is 0.